The molecule has 2 aromatic heterocycles. The fourth-order valence-electron chi connectivity index (χ4n) is 2.90. The van der Waals surface area contributed by atoms with Gasteiger partial charge in [0.2, 0.25) is 5.78 Å². The molecule has 8 heteroatoms. The number of hydrogen-bond donors (Lipinski definition) is 3. The molecule has 0 atom stereocenters. The van der Waals surface area contributed by atoms with Crippen LogP contribution < -0.4 is 11.1 Å². The quantitative estimate of drug-likeness (QED) is 0.462. The Morgan fingerprint density at radius 3 is 2.88 bits per heavy atom. The number of aromatic nitrogens is 2. The van der Waals surface area contributed by atoms with Crippen molar-refractivity contribution in [1.29, 1.82) is 0 Å². The van der Waals surface area contributed by atoms with Crippen LogP contribution in [0.25, 0.3) is 11.0 Å². The molecule has 1 fully saturated rings. The Morgan fingerprint density at radius 1 is 1.38 bits per heavy atom. The average Bonchev–Trinajstić information content (AvgIpc) is 3.34. The van der Waals surface area contributed by atoms with Crippen LogP contribution in [0.3, 0.4) is 0 Å². The van der Waals surface area contributed by atoms with Gasteiger partial charge in [-0.2, -0.15) is 0 Å². The number of nitrogen functional groups attached to an aromatic ring is 1. The van der Waals surface area contributed by atoms with Crippen LogP contribution >= 0.6 is 11.6 Å². The molecule has 1 saturated carbocycles. The standard InChI is InChI=1S/C18H15ClF2N4O/c19-10-7-25-18-13(16(10)23-5-8-1-2-8)9(6-24-18)17(26)14-11(20)3-4-12(22)15(14)21/h3-4,6-8H,1-2,5,22H2,(H2,23,24,25). The first-order valence-corrected chi connectivity index (χ1v) is 8.52. The zero-order chi connectivity index (χ0) is 18.4. The molecule has 2 heterocycles. The van der Waals surface area contributed by atoms with E-state index in [1.54, 1.807) is 0 Å². The van der Waals surface area contributed by atoms with E-state index in [1.807, 2.05) is 0 Å². The summed E-state index contributed by atoms with van der Waals surface area (Å²) in [6, 6.07) is 2.05. The van der Waals surface area contributed by atoms with Gasteiger partial charge in [0.15, 0.2) is 5.82 Å². The van der Waals surface area contributed by atoms with E-state index in [0.29, 0.717) is 34.2 Å². The maximum Gasteiger partial charge on any atom is 0.201 e. The van der Waals surface area contributed by atoms with Crippen molar-refractivity contribution in [1.82, 2.24) is 9.97 Å². The number of nitrogens with zero attached hydrogens (tertiary/aromatic N) is 1. The van der Waals surface area contributed by atoms with E-state index in [4.69, 9.17) is 17.3 Å². The lowest BCUT2D eigenvalue weighted by Gasteiger charge is -2.11. The molecular weight excluding hydrogens is 362 g/mol. The van der Waals surface area contributed by atoms with Gasteiger partial charge in [-0.1, -0.05) is 11.6 Å². The Labute approximate surface area is 152 Å². The molecule has 5 nitrogen and oxygen atoms in total. The number of H-pyrrole nitrogens is 1. The van der Waals surface area contributed by atoms with E-state index < -0.39 is 23.0 Å². The summed E-state index contributed by atoms with van der Waals surface area (Å²) in [5.74, 6) is -2.31. The Hall–Kier alpha value is -2.67. The van der Waals surface area contributed by atoms with Gasteiger partial charge in [0.05, 0.1) is 39.1 Å². The van der Waals surface area contributed by atoms with E-state index >= 15 is 0 Å². The van der Waals surface area contributed by atoms with Gasteiger partial charge in [-0.25, -0.2) is 13.8 Å². The van der Waals surface area contributed by atoms with E-state index in [1.165, 1.54) is 12.4 Å². The highest BCUT2D eigenvalue weighted by Crippen LogP contribution is 2.36. The number of carbonyl (C=O) groups excluding carboxylic acids is 1. The van der Waals surface area contributed by atoms with Crippen LogP contribution in [0.15, 0.2) is 24.5 Å². The number of hydrogen-bond acceptors (Lipinski definition) is 4. The Bertz CT molecular complexity index is 1030. The van der Waals surface area contributed by atoms with Crippen molar-refractivity contribution in [3.63, 3.8) is 0 Å². The lowest BCUT2D eigenvalue weighted by molar-refractivity contribution is 0.103. The van der Waals surface area contributed by atoms with Crippen molar-refractivity contribution in [3.05, 3.63) is 52.3 Å². The minimum atomic E-state index is -1.08. The fourth-order valence-corrected chi connectivity index (χ4v) is 3.11. The normalized spacial score (nSPS) is 14.0. The van der Waals surface area contributed by atoms with Crippen LogP contribution in [0, 0.1) is 17.6 Å². The van der Waals surface area contributed by atoms with Crippen LogP contribution in [0.5, 0.6) is 0 Å². The number of anilines is 2. The maximum atomic E-state index is 14.3. The second kappa shape index (κ2) is 6.25. The molecule has 0 amide bonds. The average molecular weight is 377 g/mol. The zero-order valence-electron chi connectivity index (χ0n) is 13.6. The largest absolute Gasteiger partial charge is 0.396 e. The number of pyridine rings is 1. The Balaban J connectivity index is 1.85. The van der Waals surface area contributed by atoms with Crippen molar-refractivity contribution >= 4 is 39.8 Å². The predicted molar refractivity (Wildman–Crippen MR) is 96.5 cm³/mol. The molecule has 0 spiro atoms. The van der Waals surface area contributed by atoms with Gasteiger partial charge in [-0.15, -0.1) is 0 Å². The van der Waals surface area contributed by atoms with Gasteiger partial charge in [0, 0.05) is 12.7 Å². The van der Waals surface area contributed by atoms with Crippen molar-refractivity contribution in [3.8, 4) is 0 Å². The SMILES string of the molecule is Nc1ccc(F)c(C(=O)c2c[nH]c3ncc(Cl)c(NCC4CC4)c23)c1F. The van der Waals surface area contributed by atoms with E-state index in [2.05, 4.69) is 15.3 Å². The minimum absolute atomic E-state index is 0.0803. The molecule has 1 aromatic carbocycles. The molecule has 134 valence electrons. The van der Waals surface area contributed by atoms with Gasteiger partial charge < -0.3 is 16.0 Å². The molecule has 0 bridgehead atoms. The molecule has 0 radical (unpaired) electrons. The van der Waals surface area contributed by atoms with Crippen LogP contribution in [-0.2, 0) is 0 Å². The number of rotatable bonds is 5. The Morgan fingerprint density at radius 2 is 2.15 bits per heavy atom. The summed E-state index contributed by atoms with van der Waals surface area (Å²) >= 11 is 6.26. The van der Waals surface area contributed by atoms with Gasteiger partial charge in [-0.05, 0) is 30.9 Å². The van der Waals surface area contributed by atoms with Gasteiger partial charge in [-0.3, -0.25) is 4.79 Å². The molecule has 3 aromatic rings. The molecule has 1 aliphatic carbocycles. The van der Waals surface area contributed by atoms with E-state index in [-0.39, 0.29) is 11.3 Å². The molecule has 4 N–H and O–H groups in total. The van der Waals surface area contributed by atoms with Gasteiger partial charge in [0.1, 0.15) is 11.5 Å². The summed E-state index contributed by atoms with van der Waals surface area (Å²) in [5, 5.41) is 3.98. The highest BCUT2D eigenvalue weighted by atomic mass is 35.5. The lowest BCUT2D eigenvalue weighted by atomic mass is 10.0. The molecule has 0 saturated heterocycles. The zero-order valence-corrected chi connectivity index (χ0v) is 14.3. The number of nitrogens with two attached hydrogens (primary N) is 1. The number of nitrogens with one attached hydrogen (secondary N) is 2. The Kier molecular flexibility index (Phi) is 4.03. The first-order chi connectivity index (χ1) is 12.5. The van der Waals surface area contributed by atoms with Gasteiger partial charge >= 0.3 is 0 Å². The summed E-state index contributed by atoms with van der Waals surface area (Å²) in [6.07, 6.45) is 5.11. The van der Waals surface area contributed by atoms with E-state index in [0.717, 1.165) is 25.0 Å². The van der Waals surface area contributed by atoms with Gasteiger partial charge in [0.25, 0.3) is 0 Å². The fraction of sp³-hybridized carbons (Fsp3) is 0.222. The summed E-state index contributed by atoms with van der Waals surface area (Å²) in [5.41, 5.74) is 5.51. The number of fused-ring (bicyclic) bond motifs is 1. The summed E-state index contributed by atoms with van der Waals surface area (Å²) in [6.45, 7) is 0.707. The number of aromatic amines is 1. The third-order valence-corrected chi connectivity index (χ3v) is 4.80. The van der Waals surface area contributed by atoms with Crippen LogP contribution in [0.2, 0.25) is 5.02 Å². The first-order valence-electron chi connectivity index (χ1n) is 8.15. The minimum Gasteiger partial charge on any atom is -0.396 e. The highest BCUT2D eigenvalue weighted by Gasteiger charge is 2.27. The summed E-state index contributed by atoms with van der Waals surface area (Å²) in [7, 11) is 0. The molecule has 4 rings (SSSR count). The number of halogens is 3. The number of carbonyl (C=O) groups is 1. The second-order valence-corrected chi connectivity index (χ2v) is 6.79. The first kappa shape index (κ1) is 16.8. The second-order valence-electron chi connectivity index (χ2n) is 6.39. The predicted octanol–water partition coefficient (Wildman–Crippen LogP) is 4.13. The van der Waals surface area contributed by atoms with Crippen LogP contribution in [0.1, 0.15) is 28.8 Å². The van der Waals surface area contributed by atoms with Crippen molar-refractivity contribution in [2.75, 3.05) is 17.6 Å². The monoisotopic (exact) mass is 376 g/mol. The molecular formula is C18H15ClF2N4O. The number of ketones is 1. The third-order valence-electron chi connectivity index (χ3n) is 4.51. The summed E-state index contributed by atoms with van der Waals surface area (Å²) in [4.78, 5) is 19.9. The van der Waals surface area contributed by atoms with Crippen LogP contribution in [0.4, 0.5) is 20.2 Å². The smallest absolute Gasteiger partial charge is 0.201 e. The molecule has 0 aliphatic heterocycles. The molecule has 0 unspecified atom stereocenters. The lowest BCUT2D eigenvalue weighted by Crippen LogP contribution is -2.10. The third kappa shape index (κ3) is 2.78. The van der Waals surface area contributed by atoms with Crippen molar-refractivity contribution in [2.24, 2.45) is 5.92 Å². The molecule has 26 heavy (non-hydrogen) atoms. The topological polar surface area (TPSA) is 83.8 Å². The van der Waals surface area contributed by atoms with E-state index in [9.17, 15) is 13.6 Å². The number of benzene rings is 1. The summed E-state index contributed by atoms with van der Waals surface area (Å²) < 4.78 is 28.4. The molecule has 1 aliphatic rings. The maximum absolute atomic E-state index is 14.3. The highest BCUT2D eigenvalue weighted by molar-refractivity contribution is 6.35. The van der Waals surface area contributed by atoms with Crippen molar-refractivity contribution < 1.29 is 13.6 Å². The van der Waals surface area contributed by atoms with Crippen molar-refractivity contribution in [2.45, 2.75) is 12.8 Å². The van der Waals surface area contributed by atoms with Crippen LogP contribution in [-0.4, -0.2) is 22.3 Å².